The summed E-state index contributed by atoms with van der Waals surface area (Å²) in [6.45, 7) is 3.06. The lowest BCUT2D eigenvalue weighted by molar-refractivity contribution is 0.0934. The van der Waals surface area contributed by atoms with Crippen LogP contribution >= 0.6 is 27.5 Å². The molecular formula is C13H16BrClN2O4S. The minimum absolute atomic E-state index is 0.0713. The first-order valence-electron chi connectivity index (χ1n) is 6.73. The summed E-state index contributed by atoms with van der Waals surface area (Å²) in [4.78, 5) is 13.2. The van der Waals surface area contributed by atoms with E-state index >= 15 is 0 Å². The van der Waals surface area contributed by atoms with Crippen LogP contribution in [0, 0.1) is 0 Å². The molecule has 0 saturated carbocycles. The topological polar surface area (TPSA) is 66.9 Å². The van der Waals surface area contributed by atoms with Gasteiger partial charge in [-0.15, -0.1) is 0 Å². The van der Waals surface area contributed by atoms with Gasteiger partial charge in [0.2, 0.25) is 10.0 Å². The van der Waals surface area contributed by atoms with Gasteiger partial charge >= 0.3 is 6.09 Å². The predicted octanol–water partition coefficient (Wildman–Crippen LogP) is 2.57. The van der Waals surface area contributed by atoms with Crippen LogP contribution in [0.1, 0.15) is 6.92 Å². The average molecular weight is 412 g/mol. The number of carbonyl (C=O) groups is 1. The summed E-state index contributed by atoms with van der Waals surface area (Å²) in [5.74, 6) is 0. The molecule has 122 valence electrons. The Morgan fingerprint density at radius 2 is 1.95 bits per heavy atom. The highest BCUT2D eigenvalue weighted by molar-refractivity contribution is 9.10. The molecule has 1 aliphatic rings. The minimum Gasteiger partial charge on any atom is -0.450 e. The van der Waals surface area contributed by atoms with Crippen molar-refractivity contribution in [2.75, 3.05) is 32.8 Å². The Morgan fingerprint density at radius 1 is 1.32 bits per heavy atom. The second-order valence-electron chi connectivity index (χ2n) is 4.66. The number of halogens is 2. The largest absolute Gasteiger partial charge is 0.450 e. The van der Waals surface area contributed by atoms with Crippen LogP contribution in [0.25, 0.3) is 0 Å². The zero-order chi connectivity index (χ0) is 16.3. The Morgan fingerprint density at radius 3 is 2.50 bits per heavy atom. The number of sulfonamides is 1. The maximum absolute atomic E-state index is 12.6. The molecule has 1 saturated heterocycles. The number of carbonyl (C=O) groups excluding carboxylic acids is 1. The first-order chi connectivity index (χ1) is 10.4. The molecule has 0 radical (unpaired) electrons. The summed E-state index contributed by atoms with van der Waals surface area (Å²) < 4.78 is 32.2. The average Bonchev–Trinajstić information content (AvgIpc) is 2.47. The van der Waals surface area contributed by atoms with Gasteiger partial charge in [-0.25, -0.2) is 13.2 Å². The fourth-order valence-corrected chi connectivity index (χ4v) is 4.58. The normalized spacial score (nSPS) is 16.6. The van der Waals surface area contributed by atoms with Crippen LogP contribution in [0.5, 0.6) is 0 Å². The third-order valence-corrected chi connectivity index (χ3v) is 6.15. The van der Waals surface area contributed by atoms with E-state index in [4.69, 9.17) is 16.3 Å². The van der Waals surface area contributed by atoms with Crippen molar-refractivity contribution in [3.63, 3.8) is 0 Å². The number of benzene rings is 1. The molecule has 6 nitrogen and oxygen atoms in total. The molecule has 0 N–H and O–H groups in total. The zero-order valence-electron chi connectivity index (χ0n) is 12.0. The van der Waals surface area contributed by atoms with E-state index in [1.807, 2.05) is 0 Å². The maximum Gasteiger partial charge on any atom is 0.409 e. The fourth-order valence-electron chi connectivity index (χ4n) is 2.15. The number of piperazine rings is 1. The Labute approximate surface area is 143 Å². The van der Waals surface area contributed by atoms with E-state index in [0.29, 0.717) is 24.2 Å². The minimum atomic E-state index is -3.67. The van der Waals surface area contributed by atoms with Gasteiger partial charge in [-0.05, 0) is 25.1 Å². The van der Waals surface area contributed by atoms with Gasteiger partial charge in [-0.1, -0.05) is 27.5 Å². The molecule has 1 aliphatic heterocycles. The van der Waals surface area contributed by atoms with E-state index in [1.54, 1.807) is 19.1 Å². The lowest BCUT2D eigenvalue weighted by atomic mass is 10.4. The van der Waals surface area contributed by atoms with Crippen molar-refractivity contribution in [1.82, 2.24) is 9.21 Å². The van der Waals surface area contributed by atoms with Crippen LogP contribution in [-0.2, 0) is 14.8 Å². The van der Waals surface area contributed by atoms with E-state index < -0.39 is 16.1 Å². The van der Waals surface area contributed by atoms with E-state index in [9.17, 15) is 13.2 Å². The smallest absolute Gasteiger partial charge is 0.409 e. The maximum atomic E-state index is 12.6. The van der Waals surface area contributed by atoms with Crippen molar-refractivity contribution >= 4 is 43.6 Å². The summed E-state index contributed by atoms with van der Waals surface area (Å²) in [5.41, 5.74) is 0. The third-order valence-electron chi connectivity index (χ3n) is 3.28. The molecular weight excluding hydrogens is 396 g/mol. The molecule has 1 amide bonds. The van der Waals surface area contributed by atoms with E-state index in [2.05, 4.69) is 15.9 Å². The Hall–Kier alpha value is -0.830. The highest BCUT2D eigenvalue weighted by Crippen LogP contribution is 2.28. The van der Waals surface area contributed by atoms with E-state index in [0.717, 1.165) is 0 Å². The van der Waals surface area contributed by atoms with Crippen LogP contribution in [0.3, 0.4) is 0 Å². The van der Waals surface area contributed by atoms with Crippen LogP contribution in [-0.4, -0.2) is 56.5 Å². The Balaban J connectivity index is 2.11. The quantitative estimate of drug-likeness (QED) is 0.767. The molecule has 0 unspecified atom stereocenters. The number of hydrogen-bond acceptors (Lipinski definition) is 4. The van der Waals surface area contributed by atoms with E-state index in [1.165, 1.54) is 15.3 Å². The number of hydrogen-bond donors (Lipinski definition) is 0. The number of rotatable bonds is 3. The molecule has 1 aromatic rings. The first-order valence-corrected chi connectivity index (χ1v) is 9.34. The van der Waals surface area contributed by atoms with Gasteiger partial charge in [-0.2, -0.15) is 4.31 Å². The molecule has 0 aromatic heterocycles. The molecule has 1 aromatic carbocycles. The summed E-state index contributed by atoms with van der Waals surface area (Å²) in [5, 5.41) is 0.169. The monoisotopic (exact) mass is 410 g/mol. The molecule has 0 atom stereocenters. The van der Waals surface area contributed by atoms with E-state index in [-0.39, 0.29) is 23.0 Å². The lowest BCUT2D eigenvalue weighted by Gasteiger charge is -2.33. The van der Waals surface area contributed by atoms with Crippen molar-refractivity contribution in [2.24, 2.45) is 0 Å². The summed E-state index contributed by atoms with van der Waals surface area (Å²) in [6.07, 6.45) is -0.416. The molecule has 1 fully saturated rings. The molecule has 1 heterocycles. The lowest BCUT2D eigenvalue weighted by Crippen LogP contribution is -2.50. The molecule has 2 rings (SSSR count). The summed E-state index contributed by atoms with van der Waals surface area (Å²) >= 11 is 9.28. The van der Waals surface area contributed by atoms with Crippen molar-refractivity contribution in [3.8, 4) is 0 Å². The van der Waals surface area contributed by atoms with Crippen LogP contribution in [0.2, 0.25) is 5.02 Å². The number of amides is 1. The van der Waals surface area contributed by atoms with Gasteiger partial charge < -0.3 is 9.64 Å². The van der Waals surface area contributed by atoms with Crippen LogP contribution in [0.15, 0.2) is 27.6 Å². The SMILES string of the molecule is CCOC(=O)N1CCN(S(=O)(=O)c2ccc(Br)cc2Cl)CC1. The van der Waals surface area contributed by atoms with Crippen molar-refractivity contribution in [1.29, 1.82) is 0 Å². The van der Waals surface area contributed by atoms with Gasteiger partial charge in [0.05, 0.1) is 11.6 Å². The summed E-state index contributed by atoms with van der Waals surface area (Å²) in [7, 11) is -3.67. The molecule has 0 bridgehead atoms. The molecule has 9 heteroatoms. The van der Waals surface area contributed by atoms with Gasteiger partial charge in [0.15, 0.2) is 0 Å². The fraction of sp³-hybridized carbons (Fsp3) is 0.462. The van der Waals surface area contributed by atoms with Crippen molar-refractivity contribution in [2.45, 2.75) is 11.8 Å². The van der Waals surface area contributed by atoms with Crippen LogP contribution in [0.4, 0.5) is 4.79 Å². The summed E-state index contributed by atoms with van der Waals surface area (Å²) in [6, 6.07) is 4.65. The second-order valence-corrected chi connectivity index (χ2v) is 7.89. The van der Waals surface area contributed by atoms with Crippen LogP contribution < -0.4 is 0 Å². The number of ether oxygens (including phenoxy) is 1. The number of nitrogens with zero attached hydrogens (tertiary/aromatic N) is 2. The Bertz CT molecular complexity index is 660. The third kappa shape index (κ3) is 3.73. The predicted molar refractivity (Wildman–Crippen MR) is 86.5 cm³/mol. The highest BCUT2D eigenvalue weighted by Gasteiger charge is 2.31. The van der Waals surface area contributed by atoms with Crippen molar-refractivity contribution in [3.05, 3.63) is 27.7 Å². The highest BCUT2D eigenvalue weighted by atomic mass is 79.9. The second kappa shape index (κ2) is 7.16. The van der Waals surface area contributed by atoms with Gasteiger partial charge in [0, 0.05) is 30.7 Å². The molecule has 0 spiro atoms. The van der Waals surface area contributed by atoms with Gasteiger partial charge in [-0.3, -0.25) is 0 Å². The molecule has 0 aliphatic carbocycles. The van der Waals surface area contributed by atoms with Gasteiger partial charge in [0.1, 0.15) is 4.90 Å². The molecule has 22 heavy (non-hydrogen) atoms. The first kappa shape index (κ1) is 17.5. The van der Waals surface area contributed by atoms with Crippen molar-refractivity contribution < 1.29 is 17.9 Å². The zero-order valence-corrected chi connectivity index (χ0v) is 15.1. The standard InChI is InChI=1S/C13H16BrClN2O4S/c1-2-21-13(18)16-5-7-17(8-6-16)22(19,20)12-4-3-10(14)9-11(12)15/h3-4,9H,2,5-8H2,1H3. The Kier molecular flexibility index (Phi) is 5.70. The van der Waals surface area contributed by atoms with Gasteiger partial charge in [0.25, 0.3) is 0 Å².